The summed E-state index contributed by atoms with van der Waals surface area (Å²) >= 11 is 0. The number of methoxy groups -OCH3 is 1. The lowest BCUT2D eigenvalue weighted by Crippen LogP contribution is -2.60. The zero-order chi connectivity index (χ0) is 41.0. The van der Waals surface area contributed by atoms with Crippen molar-refractivity contribution in [3.8, 4) is 5.75 Å². The molecule has 0 bridgehead atoms. The molecule has 3 aromatic carbocycles. The van der Waals surface area contributed by atoms with Gasteiger partial charge in [-0.25, -0.2) is 4.98 Å². The Labute approximate surface area is 332 Å². The fraction of sp³-hybridized carbons (Fsp3) is 0.366. The molecule has 58 heavy (non-hydrogen) atoms. The molecule has 3 saturated heterocycles. The number of para-hydroxylation sites is 1. The summed E-state index contributed by atoms with van der Waals surface area (Å²) in [6.07, 6.45) is -1.43. The van der Waals surface area contributed by atoms with Gasteiger partial charge in [0.25, 0.3) is 0 Å². The monoisotopic (exact) mass is 799 g/mol. The molecule has 1 atom stereocenters. The van der Waals surface area contributed by atoms with Gasteiger partial charge >= 0.3 is 6.18 Å². The maximum absolute atomic E-state index is 13.9. The Hall–Kier alpha value is -6.23. The van der Waals surface area contributed by atoms with E-state index in [0.29, 0.717) is 56.0 Å². The van der Waals surface area contributed by atoms with Crippen molar-refractivity contribution in [2.24, 2.45) is 0 Å². The number of piperidine rings is 2. The number of rotatable bonds is 13. The van der Waals surface area contributed by atoms with Gasteiger partial charge in [0, 0.05) is 48.7 Å². The minimum atomic E-state index is -4.76. The van der Waals surface area contributed by atoms with Crippen LogP contribution in [-0.4, -0.2) is 90.3 Å². The summed E-state index contributed by atoms with van der Waals surface area (Å²) in [5.74, 6) is -0.734. The number of anilines is 6. The number of nitrogens with zero attached hydrogens (tertiary/aromatic N) is 4. The molecule has 5 N–H and O–H groups in total. The van der Waals surface area contributed by atoms with Crippen molar-refractivity contribution in [1.29, 1.82) is 0 Å². The molecule has 304 valence electrons. The van der Waals surface area contributed by atoms with E-state index in [0.717, 1.165) is 37.3 Å². The molecule has 0 saturated carbocycles. The van der Waals surface area contributed by atoms with E-state index in [1.807, 2.05) is 18.2 Å². The van der Waals surface area contributed by atoms with Crippen LogP contribution in [0.5, 0.6) is 5.75 Å². The normalized spacial score (nSPS) is 17.9. The summed E-state index contributed by atoms with van der Waals surface area (Å²) in [6.45, 7) is 4.43. The SMILES string of the molecule is COc1cc(N2CC(NC(=O)CN3CCC(c4ccc(NC5CCC(=O)NC5=O)cc4)CC3)C2)ccc1Nc1ncc(C(F)(F)F)c(Nc2ccccc2C(C)=O)n1. The van der Waals surface area contributed by atoms with E-state index >= 15 is 0 Å². The first-order chi connectivity index (χ1) is 27.8. The Morgan fingerprint density at radius 2 is 1.69 bits per heavy atom. The van der Waals surface area contributed by atoms with Gasteiger partial charge in [-0.15, -0.1) is 0 Å². The first kappa shape index (κ1) is 40.0. The van der Waals surface area contributed by atoms with Gasteiger partial charge in [0.05, 0.1) is 31.1 Å². The van der Waals surface area contributed by atoms with E-state index in [2.05, 4.69) is 58.5 Å². The molecule has 7 rings (SSSR count). The van der Waals surface area contributed by atoms with Crippen LogP contribution in [0.15, 0.2) is 72.9 Å². The molecule has 0 spiro atoms. The number of alkyl halides is 3. The van der Waals surface area contributed by atoms with Crippen molar-refractivity contribution < 1.29 is 37.1 Å². The topological polar surface area (TPSA) is 170 Å². The summed E-state index contributed by atoms with van der Waals surface area (Å²) in [6, 6.07) is 19.2. The van der Waals surface area contributed by atoms with Crippen LogP contribution in [0.4, 0.5) is 47.7 Å². The van der Waals surface area contributed by atoms with Crippen molar-refractivity contribution in [3.05, 3.63) is 89.6 Å². The maximum Gasteiger partial charge on any atom is 0.421 e. The zero-order valence-corrected chi connectivity index (χ0v) is 32.0. The molecule has 14 nitrogen and oxygen atoms in total. The lowest BCUT2D eigenvalue weighted by atomic mass is 9.89. The molecule has 4 aromatic rings. The highest BCUT2D eigenvalue weighted by Crippen LogP contribution is 2.38. The fourth-order valence-electron chi connectivity index (χ4n) is 7.44. The summed E-state index contributed by atoms with van der Waals surface area (Å²) in [5, 5.41) is 14.3. The van der Waals surface area contributed by atoms with Gasteiger partial charge in [-0.05, 0) is 87.2 Å². The van der Waals surface area contributed by atoms with Crippen molar-refractivity contribution in [3.63, 3.8) is 0 Å². The van der Waals surface area contributed by atoms with Crippen LogP contribution in [0.1, 0.15) is 60.0 Å². The number of carbonyl (C=O) groups excluding carboxylic acids is 4. The van der Waals surface area contributed by atoms with Gasteiger partial charge in [-0.2, -0.15) is 18.2 Å². The molecule has 0 radical (unpaired) electrons. The Kier molecular flexibility index (Phi) is 11.8. The highest BCUT2D eigenvalue weighted by atomic mass is 19.4. The molecular weight excluding hydrogens is 756 g/mol. The average Bonchev–Trinajstić information content (AvgIpc) is 3.18. The predicted octanol–water partition coefficient (Wildman–Crippen LogP) is 5.60. The molecule has 17 heteroatoms. The molecule has 0 aliphatic carbocycles. The first-order valence-electron chi connectivity index (χ1n) is 19.1. The third-order valence-electron chi connectivity index (χ3n) is 10.6. The summed E-state index contributed by atoms with van der Waals surface area (Å²) in [7, 11) is 1.48. The van der Waals surface area contributed by atoms with Crippen LogP contribution in [0.2, 0.25) is 0 Å². The number of benzene rings is 3. The smallest absolute Gasteiger partial charge is 0.421 e. The third-order valence-corrected chi connectivity index (χ3v) is 10.6. The summed E-state index contributed by atoms with van der Waals surface area (Å²) in [5.41, 5.74) is 2.62. The van der Waals surface area contributed by atoms with Gasteiger partial charge < -0.3 is 30.9 Å². The average molecular weight is 800 g/mol. The van der Waals surface area contributed by atoms with Crippen molar-refractivity contribution in [2.75, 3.05) is 60.7 Å². The van der Waals surface area contributed by atoms with Gasteiger partial charge in [-0.1, -0.05) is 24.3 Å². The van der Waals surface area contributed by atoms with Gasteiger partial charge in [-0.3, -0.25) is 29.4 Å². The number of hydrogen-bond acceptors (Lipinski definition) is 12. The van der Waals surface area contributed by atoms with E-state index in [1.54, 1.807) is 24.3 Å². The van der Waals surface area contributed by atoms with Crippen molar-refractivity contribution in [1.82, 2.24) is 25.5 Å². The van der Waals surface area contributed by atoms with E-state index < -0.39 is 23.6 Å². The minimum Gasteiger partial charge on any atom is -0.494 e. The van der Waals surface area contributed by atoms with Crippen LogP contribution in [-0.2, 0) is 20.6 Å². The number of ether oxygens (including phenoxy) is 1. The van der Waals surface area contributed by atoms with Crippen molar-refractivity contribution in [2.45, 2.75) is 56.8 Å². The number of likely N-dealkylation sites (tertiary alicyclic amines) is 1. The standard InChI is InChI=1S/C41H44F3N9O5/c1-24(54)30-5-3-4-6-32(30)48-38-31(41(42,43)44)20-45-40(51-38)49-33-12-11-29(19-35(33)58-2)53-21-28(22-53)47-37(56)23-52-17-15-26(16-18-52)25-7-9-27(10-8-25)46-34-13-14-36(55)50-39(34)57/h3-12,19-20,26,28,34,46H,13-18,21-23H2,1-2H3,(H,47,56)(H,50,55,57)(H2,45,48,49,51). The quantitative estimate of drug-likeness (QED) is 0.0841. The molecule has 3 fully saturated rings. The highest BCUT2D eigenvalue weighted by molar-refractivity contribution is 6.01. The largest absolute Gasteiger partial charge is 0.494 e. The van der Waals surface area contributed by atoms with E-state index in [4.69, 9.17) is 4.74 Å². The number of halogens is 3. The van der Waals surface area contributed by atoms with Crippen LogP contribution in [0, 0.1) is 0 Å². The number of aromatic nitrogens is 2. The number of ketones is 1. The lowest BCUT2D eigenvalue weighted by Gasteiger charge is -2.42. The van der Waals surface area contributed by atoms with E-state index in [-0.39, 0.29) is 46.7 Å². The Balaban J connectivity index is 0.881. The lowest BCUT2D eigenvalue weighted by molar-refractivity contribution is -0.137. The van der Waals surface area contributed by atoms with Crippen LogP contribution >= 0.6 is 0 Å². The Morgan fingerprint density at radius 3 is 2.38 bits per heavy atom. The Bertz CT molecular complexity index is 2170. The number of carbonyl (C=O) groups is 4. The number of Topliss-reactive ketones (excluding diaryl/α,β-unsaturated/α-hetero) is 1. The molecule has 4 heterocycles. The molecule has 3 amide bonds. The molecule has 1 aromatic heterocycles. The second-order valence-corrected chi connectivity index (χ2v) is 14.7. The number of imide groups is 1. The van der Waals surface area contributed by atoms with E-state index in [1.165, 1.54) is 31.7 Å². The van der Waals surface area contributed by atoms with Gasteiger partial charge in [0.2, 0.25) is 23.7 Å². The molecule has 3 aliphatic rings. The van der Waals surface area contributed by atoms with Crippen LogP contribution in [0.25, 0.3) is 0 Å². The fourth-order valence-corrected chi connectivity index (χ4v) is 7.44. The molecule has 3 aliphatic heterocycles. The van der Waals surface area contributed by atoms with Gasteiger partial charge in [0.15, 0.2) is 5.78 Å². The summed E-state index contributed by atoms with van der Waals surface area (Å²) in [4.78, 5) is 60.8. The Morgan fingerprint density at radius 1 is 0.948 bits per heavy atom. The van der Waals surface area contributed by atoms with Crippen LogP contribution in [0.3, 0.4) is 0 Å². The summed E-state index contributed by atoms with van der Waals surface area (Å²) < 4.78 is 47.3. The minimum absolute atomic E-state index is 0.0271. The zero-order valence-electron chi connectivity index (χ0n) is 32.0. The highest BCUT2D eigenvalue weighted by Gasteiger charge is 2.36. The number of hydrogen-bond donors (Lipinski definition) is 5. The molecule has 1 unspecified atom stereocenters. The number of nitrogens with one attached hydrogen (secondary N) is 5. The second-order valence-electron chi connectivity index (χ2n) is 14.7. The maximum atomic E-state index is 13.9. The van der Waals surface area contributed by atoms with Gasteiger partial charge in [0.1, 0.15) is 23.2 Å². The van der Waals surface area contributed by atoms with Crippen LogP contribution < -0.4 is 36.2 Å². The first-order valence-corrected chi connectivity index (χ1v) is 19.1. The van der Waals surface area contributed by atoms with E-state index in [9.17, 15) is 32.3 Å². The third kappa shape index (κ3) is 9.48. The molecular formula is C41H44F3N9O5. The number of amides is 3. The second kappa shape index (κ2) is 17.1. The predicted molar refractivity (Wildman–Crippen MR) is 212 cm³/mol. The van der Waals surface area contributed by atoms with Crippen molar-refractivity contribution >= 4 is 58.0 Å².